The molecule has 0 radical (unpaired) electrons. The van der Waals surface area contributed by atoms with Crippen molar-refractivity contribution in [3.05, 3.63) is 29.8 Å². The molecule has 0 unspecified atom stereocenters. The minimum absolute atomic E-state index is 0.00821. The highest BCUT2D eigenvalue weighted by Gasteiger charge is 2.32. The van der Waals surface area contributed by atoms with Crippen LogP contribution in [-0.2, 0) is 4.74 Å². The van der Waals surface area contributed by atoms with Crippen LogP contribution in [0.1, 0.15) is 64.0 Å². The summed E-state index contributed by atoms with van der Waals surface area (Å²) in [4.78, 5) is 34.2. The van der Waals surface area contributed by atoms with Gasteiger partial charge in [0.15, 0.2) is 5.82 Å². The largest absolute Gasteiger partial charge is 0.444 e. The average Bonchev–Trinajstić information content (AvgIpc) is 3.04. The van der Waals surface area contributed by atoms with Crippen molar-refractivity contribution in [3.8, 4) is 0 Å². The fourth-order valence-electron chi connectivity index (χ4n) is 3.84. The summed E-state index contributed by atoms with van der Waals surface area (Å²) < 4.78 is 18.8. The van der Waals surface area contributed by atoms with Gasteiger partial charge in [-0.1, -0.05) is 0 Å². The van der Waals surface area contributed by atoms with Crippen LogP contribution in [0.4, 0.5) is 9.18 Å². The molecule has 2 aromatic rings. The van der Waals surface area contributed by atoms with E-state index in [1.165, 1.54) is 12.1 Å². The van der Waals surface area contributed by atoms with Crippen molar-refractivity contribution in [2.45, 2.75) is 71.1 Å². The van der Waals surface area contributed by atoms with E-state index in [2.05, 4.69) is 15.3 Å². The number of alkyl carbamates (subject to hydrolysis) is 1. The first-order valence-corrected chi connectivity index (χ1v) is 10.1. The Labute approximate surface area is 170 Å². The second kappa shape index (κ2) is 8.39. The number of H-pyrrole nitrogens is 1. The number of aromatic nitrogens is 2. The predicted octanol–water partition coefficient (Wildman–Crippen LogP) is 4.00. The van der Waals surface area contributed by atoms with Crippen LogP contribution < -0.4 is 5.32 Å². The van der Waals surface area contributed by atoms with Crippen LogP contribution in [0.5, 0.6) is 0 Å². The maximum Gasteiger partial charge on any atom is 0.407 e. The Morgan fingerprint density at radius 3 is 2.79 bits per heavy atom. The molecule has 2 amide bonds. The molecule has 158 valence electrons. The molecule has 1 heterocycles. The molecule has 0 bridgehead atoms. The molecule has 1 fully saturated rings. The van der Waals surface area contributed by atoms with Crippen LogP contribution in [0.25, 0.3) is 11.0 Å². The van der Waals surface area contributed by atoms with Crippen LogP contribution >= 0.6 is 0 Å². The number of aromatic amines is 1. The molecule has 1 aliphatic carbocycles. The molecule has 1 saturated carbocycles. The molecule has 7 nitrogen and oxygen atoms in total. The highest BCUT2D eigenvalue weighted by Crippen LogP contribution is 2.25. The number of carbonyl (C=O) groups excluding carboxylic acids is 2. The number of nitrogens with one attached hydrogen (secondary N) is 2. The number of hydrogen-bond donors (Lipinski definition) is 2. The van der Waals surface area contributed by atoms with E-state index in [0.717, 1.165) is 19.3 Å². The minimum atomic E-state index is -0.551. The van der Waals surface area contributed by atoms with Gasteiger partial charge in [-0.25, -0.2) is 14.2 Å². The molecule has 8 heteroatoms. The van der Waals surface area contributed by atoms with E-state index in [-0.39, 0.29) is 29.6 Å². The number of carbonyl (C=O) groups is 2. The molecule has 2 N–H and O–H groups in total. The van der Waals surface area contributed by atoms with Gasteiger partial charge in [0.25, 0.3) is 5.91 Å². The summed E-state index contributed by atoms with van der Waals surface area (Å²) >= 11 is 0. The molecule has 29 heavy (non-hydrogen) atoms. The molecule has 0 aliphatic heterocycles. The normalized spacial score (nSPS) is 19.8. The van der Waals surface area contributed by atoms with Crippen LogP contribution in [0.15, 0.2) is 18.2 Å². The molecule has 1 aliphatic rings. The van der Waals surface area contributed by atoms with Crippen molar-refractivity contribution in [1.82, 2.24) is 20.2 Å². The van der Waals surface area contributed by atoms with Gasteiger partial charge in [-0.05, 0) is 71.6 Å². The Kier molecular flexibility index (Phi) is 6.10. The van der Waals surface area contributed by atoms with Gasteiger partial charge in [-0.3, -0.25) is 4.79 Å². The summed E-state index contributed by atoms with van der Waals surface area (Å²) in [7, 11) is 0. The Balaban J connectivity index is 1.69. The molecular weight excluding hydrogens is 375 g/mol. The first-order valence-electron chi connectivity index (χ1n) is 10.1. The van der Waals surface area contributed by atoms with Crippen molar-refractivity contribution < 1.29 is 18.7 Å². The van der Waals surface area contributed by atoms with Gasteiger partial charge in [-0.15, -0.1) is 0 Å². The number of nitrogens with zero attached hydrogens (tertiary/aromatic N) is 2. The van der Waals surface area contributed by atoms with Crippen LogP contribution in [0.2, 0.25) is 0 Å². The van der Waals surface area contributed by atoms with Crippen LogP contribution in [0, 0.1) is 5.82 Å². The zero-order valence-corrected chi connectivity index (χ0v) is 17.4. The van der Waals surface area contributed by atoms with Crippen molar-refractivity contribution in [2.24, 2.45) is 0 Å². The summed E-state index contributed by atoms with van der Waals surface area (Å²) in [6.45, 7) is 7.92. The highest BCUT2D eigenvalue weighted by atomic mass is 19.1. The number of amides is 2. The number of fused-ring (bicyclic) bond motifs is 1. The Hall–Kier alpha value is -2.64. The Morgan fingerprint density at radius 2 is 2.10 bits per heavy atom. The van der Waals surface area contributed by atoms with E-state index in [1.807, 2.05) is 27.7 Å². The van der Waals surface area contributed by atoms with E-state index in [4.69, 9.17) is 4.74 Å². The average molecular weight is 404 g/mol. The lowest BCUT2D eigenvalue weighted by atomic mass is 9.90. The molecule has 1 aromatic heterocycles. The van der Waals surface area contributed by atoms with E-state index in [0.29, 0.717) is 24.0 Å². The molecule has 0 saturated heterocycles. The van der Waals surface area contributed by atoms with Crippen molar-refractivity contribution in [2.75, 3.05) is 6.54 Å². The minimum Gasteiger partial charge on any atom is -0.444 e. The molecular formula is C21H29FN4O3. The number of halogens is 1. The molecule has 1 aromatic carbocycles. The van der Waals surface area contributed by atoms with Gasteiger partial charge in [0.05, 0.1) is 11.0 Å². The Morgan fingerprint density at radius 1 is 1.34 bits per heavy atom. The van der Waals surface area contributed by atoms with Gasteiger partial charge in [0, 0.05) is 18.6 Å². The van der Waals surface area contributed by atoms with E-state index in [1.54, 1.807) is 11.0 Å². The van der Waals surface area contributed by atoms with Crippen molar-refractivity contribution in [1.29, 1.82) is 0 Å². The first kappa shape index (κ1) is 21.1. The van der Waals surface area contributed by atoms with Gasteiger partial charge in [0.2, 0.25) is 0 Å². The summed E-state index contributed by atoms with van der Waals surface area (Å²) in [5, 5.41) is 2.93. The summed E-state index contributed by atoms with van der Waals surface area (Å²) in [5.41, 5.74) is 0.501. The fraction of sp³-hybridized carbons (Fsp3) is 0.571. The van der Waals surface area contributed by atoms with E-state index < -0.39 is 11.7 Å². The lowest BCUT2D eigenvalue weighted by molar-refractivity contribution is 0.0459. The SMILES string of the molecule is CCN(C(=O)c1nc2ccc(F)cc2[nH]1)[C@H]1CCC[C@@H](NC(=O)OC(C)(C)C)C1. The molecule has 0 spiro atoms. The van der Waals surface area contributed by atoms with Gasteiger partial charge < -0.3 is 19.9 Å². The zero-order chi connectivity index (χ0) is 21.2. The van der Waals surface area contributed by atoms with Gasteiger partial charge in [0.1, 0.15) is 11.4 Å². The fourth-order valence-corrected chi connectivity index (χ4v) is 3.84. The lowest BCUT2D eigenvalue weighted by Crippen LogP contribution is -2.49. The number of hydrogen-bond acceptors (Lipinski definition) is 4. The van der Waals surface area contributed by atoms with Crippen LogP contribution in [-0.4, -0.2) is 51.1 Å². The monoisotopic (exact) mass is 404 g/mol. The third-order valence-corrected chi connectivity index (χ3v) is 5.06. The third-order valence-electron chi connectivity index (χ3n) is 5.06. The summed E-state index contributed by atoms with van der Waals surface area (Å²) in [6.07, 6.45) is 2.84. The molecule has 2 atom stereocenters. The maximum absolute atomic E-state index is 13.4. The number of benzene rings is 1. The van der Waals surface area contributed by atoms with Gasteiger partial charge in [-0.2, -0.15) is 0 Å². The predicted molar refractivity (Wildman–Crippen MR) is 108 cm³/mol. The second-order valence-electron chi connectivity index (χ2n) is 8.50. The standard InChI is InChI=1S/C21H29FN4O3/c1-5-26(19(27)18-24-16-10-9-13(22)11-17(16)25-18)15-8-6-7-14(12-15)23-20(28)29-21(2,3)4/h9-11,14-15H,5-8,12H2,1-4H3,(H,23,28)(H,24,25)/t14-,15+/m1/s1. The summed E-state index contributed by atoms with van der Waals surface area (Å²) in [5.74, 6) is -0.391. The summed E-state index contributed by atoms with van der Waals surface area (Å²) in [6, 6.07) is 4.15. The van der Waals surface area contributed by atoms with E-state index in [9.17, 15) is 14.0 Å². The first-order chi connectivity index (χ1) is 13.7. The quantitative estimate of drug-likeness (QED) is 0.806. The second-order valence-corrected chi connectivity index (χ2v) is 8.50. The van der Waals surface area contributed by atoms with E-state index >= 15 is 0 Å². The number of rotatable bonds is 4. The van der Waals surface area contributed by atoms with Crippen molar-refractivity contribution in [3.63, 3.8) is 0 Å². The lowest BCUT2D eigenvalue weighted by Gasteiger charge is -2.37. The van der Waals surface area contributed by atoms with Gasteiger partial charge >= 0.3 is 6.09 Å². The maximum atomic E-state index is 13.4. The zero-order valence-electron chi connectivity index (χ0n) is 17.4. The third kappa shape index (κ3) is 5.25. The Bertz CT molecular complexity index is 890. The number of imidazole rings is 1. The number of ether oxygens (including phenoxy) is 1. The molecule has 3 rings (SSSR count). The van der Waals surface area contributed by atoms with Crippen molar-refractivity contribution >= 4 is 23.0 Å². The highest BCUT2D eigenvalue weighted by molar-refractivity contribution is 5.94. The smallest absolute Gasteiger partial charge is 0.407 e. The van der Waals surface area contributed by atoms with Crippen LogP contribution in [0.3, 0.4) is 0 Å². The topological polar surface area (TPSA) is 87.3 Å².